The summed E-state index contributed by atoms with van der Waals surface area (Å²) in [5.74, 6) is 0. The van der Waals surface area contributed by atoms with Gasteiger partial charge in [0.05, 0.1) is 5.56 Å². The molecule has 2 rings (SSSR count). The lowest BCUT2D eigenvalue weighted by atomic mass is 9.99. The van der Waals surface area contributed by atoms with E-state index in [9.17, 15) is 18.0 Å². The van der Waals surface area contributed by atoms with Crippen LogP contribution in [0.15, 0.2) is 36.5 Å². The van der Waals surface area contributed by atoms with Gasteiger partial charge < -0.3 is 0 Å². The molecule has 0 aliphatic rings. The molecule has 2 nitrogen and oxygen atoms in total. The van der Waals surface area contributed by atoms with E-state index < -0.39 is 11.7 Å². The second-order valence-corrected chi connectivity index (χ2v) is 4.11. The number of halogens is 3. The second kappa shape index (κ2) is 4.84. The Bertz CT molecular complexity index is 603. The molecule has 0 atom stereocenters. The largest absolute Gasteiger partial charge is 0.416 e. The number of aromatic nitrogens is 1. The van der Waals surface area contributed by atoms with E-state index in [2.05, 4.69) is 4.98 Å². The van der Waals surface area contributed by atoms with Crippen molar-refractivity contribution in [3.05, 3.63) is 53.3 Å². The van der Waals surface area contributed by atoms with Gasteiger partial charge in [0.25, 0.3) is 0 Å². The maximum Gasteiger partial charge on any atom is 0.416 e. The Morgan fingerprint density at radius 3 is 2.42 bits per heavy atom. The van der Waals surface area contributed by atoms with Crippen LogP contribution in [0.3, 0.4) is 0 Å². The fourth-order valence-electron chi connectivity index (χ4n) is 1.71. The molecule has 0 unspecified atom stereocenters. The number of pyridine rings is 1. The summed E-state index contributed by atoms with van der Waals surface area (Å²) in [5, 5.41) is 0. The van der Waals surface area contributed by atoms with Crippen molar-refractivity contribution in [1.29, 1.82) is 0 Å². The van der Waals surface area contributed by atoms with Gasteiger partial charge in [-0.3, -0.25) is 9.78 Å². The van der Waals surface area contributed by atoms with E-state index in [1.807, 2.05) is 0 Å². The highest BCUT2D eigenvalue weighted by Crippen LogP contribution is 2.33. The number of aryl methyl sites for hydroxylation is 1. The van der Waals surface area contributed by atoms with Crippen LogP contribution in [0, 0.1) is 6.92 Å². The van der Waals surface area contributed by atoms with Gasteiger partial charge in [-0.1, -0.05) is 12.1 Å². The first kappa shape index (κ1) is 13.3. The molecule has 1 aromatic carbocycles. The van der Waals surface area contributed by atoms with Crippen molar-refractivity contribution in [2.45, 2.75) is 13.1 Å². The van der Waals surface area contributed by atoms with Gasteiger partial charge in [-0.2, -0.15) is 13.2 Å². The maximum absolute atomic E-state index is 12.7. The van der Waals surface area contributed by atoms with Crippen LogP contribution in [-0.4, -0.2) is 11.3 Å². The van der Waals surface area contributed by atoms with Gasteiger partial charge in [0.2, 0.25) is 0 Å². The van der Waals surface area contributed by atoms with Gasteiger partial charge in [-0.05, 0) is 30.7 Å². The highest BCUT2D eigenvalue weighted by molar-refractivity contribution is 5.87. The summed E-state index contributed by atoms with van der Waals surface area (Å²) in [7, 11) is 0. The van der Waals surface area contributed by atoms with Crippen LogP contribution in [0.1, 0.15) is 21.6 Å². The third kappa shape index (κ3) is 2.81. The normalized spacial score (nSPS) is 11.4. The Labute approximate surface area is 107 Å². The number of rotatable bonds is 2. The molecule has 0 amide bonds. The van der Waals surface area contributed by atoms with Crippen molar-refractivity contribution in [3.8, 4) is 11.1 Å². The van der Waals surface area contributed by atoms with Crippen LogP contribution in [0.5, 0.6) is 0 Å². The topological polar surface area (TPSA) is 30.0 Å². The number of hydrogen-bond acceptors (Lipinski definition) is 2. The van der Waals surface area contributed by atoms with Crippen molar-refractivity contribution in [1.82, 2.24) is 4.98 Å². The van der Waals surface area contributed by atoms with E-state index in [0.717, 1.165) is 17.8 Å². The third-order valence-corrected chi connectivity index (χ3v) is 2.73. The first-order valence-electron chi connectivity index (χ1n) is 5.51. The molecule has 0 aliphatic heterocycles. The monoisotopic (exact) mass is 265 g/mol. The number of benzene rings is 1. The molecule has 0 saturated heterocycles. The van der Waals surface area contributed by atoms with Gasteiger partial charge in [0.15, 0.2) is 6.29 Å². The molecule has 0 spiro atoms. The van der Waals surface area contributed by atoms with Gasteiger partial charge in [0, 0.05) is 23.0 Å². The summed E-state index contributed by atoms with van der Waals surface area (Å²) in [4.78, 5) is 15.0. The van der Waals surface area contributed by atoms with Crippen molar-refractivity contribution < 1.29 is 18.0 Å². The van der Waals surface area contributed by atoms with Crippen molar-refractivity contribution in [2.75, 3.05) is 0 Å². The van der Waals surface area contributed by atoms with Crippen LogP contribution >= 0.6 is 0 Å². The van der Waals surface area contributed by atoms with E-state index in [1.54, 1.807) is 19.1 Å². The number of nitrogens with zero attached hydrogens (tertiary/aromatic N) is 1. The minimum Gasteiger partial charge on any atom is -0.298 e. The molecule has 19 heavy (non-hydrogen) atoms. The van der Waals surface area contributed by atoms with Crippen LogP contribution in [-0.2, 0) is 6.18 Å². The molecule has 2 aromatic rings. The minimum atomic E-state index is -4.44. The fourth-order valence-corrected chi connectivity index (χ4v) is 1.71. The van der Waals surface area contributed by atoms with E-state index >= 15 is 0 Å². The molecule has 5 heteroatoms. The zero-order valence-corrected chi connectivity index (χ0v) is 10.0. The molecule has 0 bridgehead atoms. The zero-order valence-electron chi connectivity index (χ0n) is 10.0. The van der Waals surface area contributed by atoms with Crippen LogP contribution in [0.2, 0.25) is 0 Å². The summed E-state index contributed by atoms with van der Waals surface area (Å²) in [5.41, 5.74) is 0.895. The van der Waals surface area contributed by atoms with E-state index in [0.29, 0.717) is 11.8 Å². The van der Waals surface area contributed by atoms with Gasteiger partial charge >= 0.3 is 6.18 Å². The fraction of sp³-hybridized carbons (Fsp3) is 0.143. The quantitative estimate of drug-likeness (QED) is 0.771. The van der Waals surface area contributed by atoms with Crippen molar-refractivity contribution in [2.24, 2.45) is 0 Å². The second-order valence-electron chi connectivity index (χ2n) is 4.11. The number of aldehydes is 1. The lowest BCUT2D eigenvalue weighted by Gasteiger charge is -2.11. The van der Waals surface area contributed by atoms with E-state index in [-0.39, 0.29) is 11.1 Å². The van der Waals surface area contributed by atoms with Crippen molar-refractivity contribution >= 4 is 6.29 Å². The first-order valence-corrected chi connectivity index (χ1v) is 5.51. The third-order valence-electron chi connectivity index (χ3n) is 2.73. The maximum atomic E-state index is 12.7. The molecule has 0 N–H and O–H groups in total. The predicted octanol–water partition coefficient (Wildman–Crippen LogP) is 3.89. The average molecular weight is 265 g/mol. The Morgan fingerprint density at radius 1 is 1.16 bits per heavy atom. The van der Waals surface area contributed by atoms with Crippen molar-refractivity contribution in [3.63, 3.8) is 0 Å². The van der Waals surface area contributed by atoms with Crippen LogP contribution in [0.4, 0.5) is 13.2 Å². The van der Waals surface area contributed by atoms with Crippen LogP contribution < -0.4 is 0 Å². The molecule has 1 heterocycles. The summed E-state index contributed by atoms with van der Waals surface area (Å²) in [6.07, 6.45) is -2.44. The molecule has 98 valence electrons. The highest BCUT2D eigenvalue weighted by atomic mass is 19.4. The number of carbonyl (C=O) groups is 1. The lowest BCUT2D eigenvalue weighted by Crippen LogP contribution is -2.05. The Kier molecular flexibility index (Phi) is 3.38. The summed E-state index contributed by atoms with van der Waals surface area (Å²) in [6.45, 7) is 1.77. The summed E-state index contributed by atoms with van der Waals surface area (Å²) in [6, 6.07) is 6.37. The summed E-state index contributed by atoms with van der Waals surface area (Å²) >= 11 is 0. The predicted molar refractivity (Wildman–Crippen MR) is 64.8 cm³/mol. The molecule has 0 aliphatic carbocycles. The Balaban J connectivity index is 2.59. The molecule has 0 saturated carbocycles. The standard InChI is InChI=1S/C14H10F3NO/c1-9-2-3-10(7-18-9)13-6-12(14(15,16)17)5-4-11(13)8-19/h2-8H,1H3. The lowest BCUT2D eigenvalue weighted by molar-refractivity contribution is -0.137. The van der Waals surface area contributed by atoms with E-state index in [4.69, 9.17) is 0 Å². The number of alkyl halides is 3. The Morgan fingerprint density at radius 2 is 1.89 bits per heavy atom. The van der Waals surface area contributed by atoms with Gasteiger partial charge in [0.1, 0.15) is 0 Å². The molecular weight excluding hydrogens is 255 g/mol. The van der Waals surface area contributed by atoms with E-state index in [1.165, 1.54) is 12.3 Å². The zero-order chi connectivity index (χ0) is 14.0. The SMILES string of the molecule is Cc1ccc(-c2cc(C(F)(F)F)ccc2C=O)cn1. The Hall–Kier alpha value is -2.17. The van der Waals surface area contributed by atoms with Gasteiger partial charge in [-0.15, -0.1) is 0 Å². The number of carbonyl (C=O) groups excluding carboxylic acids is 1. The molecule has 1 aromatic heterocycles. The average Bonchev–Trinajstić information content (AvgIpc) is 2.38. The van der Waals surface area contributed by atoms with Gasteiger partial charge in [-0.25, -0.2) is 0 Å². The first-order chi connectivity index (χ1) is 8.91. The number of hydrogen-bond donors (Lipinski definition) is 0. The molecule has 0 radical (unpaired) electrons. The summed E-state index contributed by atoms with van der Waals surface area (Å²) < 4.78 is 38.0. The molecule has 0 fully saturated rings. The highest BCUT2D eigenvalue weighted by Gasteiger charge is 2.31. The molecular formula is C14H10F3NO. The smallest absolute Gasteiger partial charge is 0.298 e. The van der Waals surface area contributed by atoms with Crippen LogP contribution in [0.25, 0.3) is 11.1 Å². The minimum absolute atomic E-state index is 0.207.